The zero-order chi connectivity index (χ0) is 15.5. The van der Waals surface area contributed by atoms with E-state index in [1.165, 1.54) is 29.7 Å². The van der Waals surface area contributed by atoms with Crippen molar-refractivity contribution >= 4 is 11.8 Å². The Morgan fingerprint density at radius 2 is 1.81 bits per heavy atom. The second kappa shape index (κ2) is 7.19. The van der Waals surface area contributed by atoms with E-state index in [0.717, 1.165) is 23.8 Å². The molecule has 0 amide bonds. The van der Waals surface area contributed by atoms with Crippen molar-refractivity contribution in [3.63, 3.8) is 0 Å². The monoisotopic (exact) mass is 305 g/mol. The summed E-state index contributed by atoms with van der Waals surface area (Å²) in [5.74, 6) is 0.767. The first kappa shape index (κ1) is 16.9. The third-order valence-corrected chi connectivity index (χ3v) is 6.16. The summed E-state index contributed by atoms with van der Waals surface area (Å²) in [6.07, 6.45) is 3.91. The molecule has 0 saturated heterocycles. The molecule has 1 aromatic carbocycles. The van der Waals surface area contributed by atoms with Crippen LogP contribution in [0.3, 0.4) is 0 Å². The van der Waals surface area contributed by atoms with Gasteiger partial charge in [-0.2, -0.15) is 0 Å². The number of nitrogens with one attached hydrogen (secondary N) is 1. The van der Waals surface area contributed by atoms with Gasteiger partial charge in [0.2, 0.25) is 0 Å². The Morgan fingerprint density at radius 1 is 1.14 bits per heavy atom. The lowest BCUT2D eigenvalue weighted by molar-refractivity contribution is 0.432. The van der Waals surface area contributed by atoms with Gasteiger partial charge in [-0.25, -0.2) is 0 Å². The Labute approximate surface area is 135 Å². The standard InChI is InChI=1S/C19H31NS/c1-6-13-20-17-11-12-18(14(17)2)21-16-9-7-15(8-10-16)19(3,4)5/h7-10,14,17-18,20H,6,11-13H2,1-5H3. The summed E-state index contributed by atoms with van der Waals surface area (Å²) in [6, 6.07) is 9.94. The van der Waals surface area contributed by atoms with Crippen LogP contribution in [-0.2, 0) is 5.41 Å². The van der Waals surface area contributed by atoms with Crippen molar-refractivity contribution in [1.29, 1.82) is 0 Å². The predicted octanol–water partition coefficient (Wildman–Crippen LogP) is 5.24. The van der Waals surface area contributed by atoms with Crippen LogP contribution in [0, 0.1) is 5.92 Å². The fourth-order valence-corrected chi connectivity index (χ4v) is 4.42. The molecule has 1 fully saturated rings. The molecule has 3 atom stereocenters. The summed E-state index contributed by atoms with van der Waals surface area (Å²) in [7, 11) is 0. The molecule has 1 aliphatic carbocycles. The smallest absolute Gasteiger partial charge is 0.0135 e. The summed E-state index contributed by atoms with van der Waals surface area (Å²) in [5.41, 5.74) is 1.67. The first-order chi connectivity index (χ1) is 9.91. The molecule has 1 N–H and O–H groups in total. The molecule has 0 radical (unpaired) electrons. The zero-order valence-corrected chi connectivity index (χ0v) is 15.1. The molecule has 0 aliphatic heterocycles. The lowest BCUT2D eigenvalue weighted by atomic mass is 9.87. The van der Waals surface area contributed by atoms with Gasteiger partial charge in [0.15, 0.2) is 0 Å². The SMILES string of the molecule is CCCNC1CCC(Sc2ccc(C(C)(C)C)cc2)C1C. The third kappa shape index (κ3) is 4.50. The Kier molecular flexibility index (Phi) is 5.79. The second-order valence-electron chi connectivity index (χ2n) is 7.43. The molecule has 2 rings (SSSR count). The minimum atomic E-state index is 0.249. The molecule has 21 heavy (non-hydrogen) atoms. The normalized spacial score (nSPS) is 26.2. The largest absolute Gasteiger partial charge is 0.314 e. The number of benzene rings is 1. The Balaban J connectivity index is 1.93. The van der Waals surface area contributed by atoms with E-state index in [9.17, 15) is 0 Å². The molecule has 0 spiro atoms. The molecular formula is C19H31NS. The van der Waals surface area contributed by atoms with Gasteiger partial charge < -0.3 is 5.32 Å². The molecule has 1 aromatic rings. The molecular weight excluding hydrogens is 274 g/mol. The number of hydrogen-bond acceptors (Lipinski definition) is 2. The Hall–Kier alpha value is -0.470. The van der Waals surface area contributed by atoms with Crippen LogP contribution in [0.1, 0.15) is 59.4 Å². The molecule has 1 aliphatic rings. The van der Waals surface area contributed by atoms with E-state index < -0.39 is 0 Å². The maximum atomic E-state index is 3.71. The summed E-state index contributed by atoms with van der Waals surface area (Å²) in [6.45, 7) is 12.7. The fraction of sp³-hybridized carbons (Fsp3) is 0.684. The summed E-state index contributed by atoms with van der Waals surface area (Å²) in [4.78, 5) is 1.43. The molecule has 3 unspecified atom stereocenters. The van der Waals surface area contributed by atoms with Gasteiger partial charge in [0.1, 0.15) is 0 Å². The van der Waals surface area contributed by atoms with Gasteiger partial charge in [0.05, 0.1) is 0 Å². The highest BCUT2D eigenvalue weighted by Gasteiger charge is 2.32. The van der Waals surface area contributed by atoms with Crippen molar-refractivity contribution in [3.05, 3.63) is 29.8 Å². The summed E-state index contributed by atoms with van der Waals surface area (Å²) in [5, 5.41) is 4.48. The minimum absolute atomic E-state index is 0.249. The van der Waals surface area contributed by atoms with Crippen molar-refractivity contribution in [3.8, 4) is 0 Å². The molecule has 2 heteroatoms. The van der Waals surface area contributed by atoms with Crippen LogP contribution in [0.15, 0.2) is 29.2 Å². The van der Waals surface area contributed by atoms with Crippen LogP contribution in [-0.4, -0.2) is 17.8 Å². The van der Waals surface area contributed by atoms with E-state index in [4.69, 9.17) is 0 Å². The van der Waals surface area contributed by atoms with E-state index in [2.05, 4.69) is 76.0 Å². The van der Waals surface area contributed by atoms with Crippen LogP contribution in [0.5, 0.6) is 0 Å². The van der Waals surface area contributed by atoms with Gasteiger partial charge in [-0.15, -0.1) is 11.8 Å². The number of thioether (sulfide) groups is 1. The lowest BCUT2D eigenvalue weighted by Crippen LogP contribution is -2.33. The summed E-state index contributed by atoms with van der Waals surface area (Å²) < 4.78 is 0. The van der Waals surface area contributed by atoms with Crippen molar-refractivity contribution in [2.75, 3.05) is 6.54 Å². The second-order valence-corrected chi connectivity index (χ2v) is 8.74. The summed E-state index contributed by atoms with van der Waals surface area (Å²) >= 11 is 2.08. The number of rotatable bonds is 5. The Morgan fingerprint density at radius 3 is 2.38 bits per heavy atom. The zero-order valence-electron chi connectivity index (χ0n) is 14.3. The lowest BCUT2D eigenvalue weighted by Gasteiger charge is -2.22. The molecule has 0 heterocycles. The average Bonchev–Trinajstić information content (AvgIpc) is 2.77. The quantitative estimate of drug-likeness (QED) is 0.798. The predicted molar refractivity (Wildman–Crippen MR) is 95.3 cm³/mol. The van der Waals surface area contributed by atoms with Gasteiger partial charge in [0, 0.05) is 16.2 Å². The van der Waals surface area contributed by atoms with Crippen molar-refractivity contribution < 1.29 is 0 Å². The van der Waals surface area contributed by atoms with Crippen molar-refractivity contribution in [2.45, 2.75) is 75.5 Å². The van der Waals surface area contributed by atoms with Gasteiger partial charge in [-0.1, -0.05) is 46.8 Å². The highest BCUT2D eigenvalue weighted by molar-refractivity contribution is 8.00. The average molecular weight is 306 g/mol. The third-order valence-electron chi connectivity index (χ3n) is 4.65. The number of hydrogen-bond donors (Lipinski definition) is 1. The van der Waals surface area contributed by atoms with E-state index in [0.29, 0.717) is 0 Å². The first-order valence-corrected chi connectivity index (χ1v) is 9.30. The maximum Gasteiger partial charge on any atom is 0.0135 e. The maximum absolute atomic E-state index is 3.71. The van der Waals surface area contributed by atoms with E-state index in [-0.39, 0.29) is 5.41 Å². The van der Waals surface area contributed by atoms with Crippen molar-refractivity contribution in [1.82, 2.24) is 5.32 Å². The minimum Gasteiger partial charge on any atom is -0.314 e. The van der Waals surface area contributed by atoms with E-state index >= 15 is 0 Å². The highest BCUT2D eigenvalue weighted by atomic mass is 32.2. The van der Waals surface area contributed by atoms with Gasteiger partial charge in [-0.05, 0) is 54.8 Å². The van der Waals surface area contributed by atoms with Gasteiger partial charge in [-0.3, -0.25) is 0 Å². The molecule has 1 nitrogen and oxygen atoms in total. The highest BCUT2D eigenvalue weighted by Crippen LogP contribution is 2.39. The Bertz CT molecular complexity index is 432. The molecule has 0 bridgehead atoms. The molecule has 1 saturated carbocycles. The molecule has 118 valence electrons. The van der Waals surface area contributed by atoms with E-state index in [1.54, 1.807) is 0 Å². The van der Waals surface area contributed by atoms with Crippen molar-refractivity contribution in [2.24, 2.45) is 5.92 Å². The topological polar surface area (TPSA) is 12.0 Å². The van der Waals surface area contributed by atoms with Crippen LogP contribution in [0.25, 0.3) is 0 Å². The van der Waals surface area contributed by atoms with Crippen LogP contribution >= 0.6 is 11.8 Å². The molecule has 0 aromatic heterocycles. The van der Waals surface area contributed by atoms with Gasteiger partial charge >= 0.3 is 0 Å². The fourth-order valence-electron chi connectivity index (χ4n) is 3.12. The van der Waals surface area contributed by atoms with Crippen LogP contribution < -0.4 is 5.32 Å². The van der Waals surface area contributed by atoms with E-state index in [1.807, 2.05) is 0 Å². The van der Waals surface area contributed by atoms with Gasteiger partial charge in [0.25, 0.3) is 0 Å². The van der Waals surface area contributed by atoms with Crippen LogP contribution in [0.2, 0.25) is 0 Å². The first-order valence-electron chi connectivity index (χ1n) is 8.42. The van der Waals surface area contributed by atoms with Crippen LogP contribution in [0.4, 0.5) is 0 Å².